The lowest BCUT2D eigenvalue weighted by molar-refractivity contribution is -0.114. The van der Waals surface area contributed by atoms with E-state index in [0.717, 1.165) is 0 Å². The maximum absolute atomic E-state index is 11.5. The van der Waals surface area contributed by atoms with Gasteiger partial charge in [-0.25, -0.2) is 0 Å². The molecule has 1 amide bonds. The molecule has 0 saturated carbocycles. The molecule has 86 valence electrons. The number of amides is 1. The fourth-order valence-corrected chi connectivity index (χ4v) is 1.40. The molecule has 0 aliphatic carbocycles. The summed E-state index contributed by atoms with van der Waals surface area (Å²) in [6.07, 6.45) is 0. The molecular formula is C11H12ClNO3. The standard InChI is InChI=1S/C11H12ClNO3/c1-7(14)13-10-4-3-8(16-2)5-9(10)11(15)6-12/h3-5H,6H2,1-2H3,(H,13,14). The van der Waals surface area contributed by atoms with Gasteiger partial charge in [0.05, 0.1) is 18.7 Å². The minimum absolute atomic E-state index is 0.139. The molecule has 1 N–H and O–H groups in total. The van der Waals surface area contributed by atoms with E-state index >= 15 is 0 Å². The maximum Gasteiger partial charge on any atom is 0.221 e. The van der Waals surface area contributed by atoms with Crippen molar-refractivity contribution in [1.82, 2.24) is 0 Å². The number of alkyl halides is 1. The number of halogens is 1. The summed E-state index contributed by atoms with van der Waals surface area (Å²) in [5.74, 6) is -0.0968. The first-order chi connectivity index (χ1) is 7.58. The van der Waals surface area contributed by atoms with E-state index in [2.05, 4.69) is 5.32 Å². The van der Waals surface area contributed by atoms with Crippen molar-refractivity contribution in [3.63, 3.8) is 0 Å². The summed E-state index contributed by atoms with van der Waals surface area (Å²) in [4.78, 5) is 22.5. The van der Waals surface area contributed by atoms with E-state index in [1.165, 1.54) is 14.0 Å². The number of hydrogen-bond acceptors (Lipinski definition) is 3. The van der Waals surface area contributed by atoms with E-state index in [4.69, 9.17) is 16.3 Å². The van der Waals surface area contributed by atoms with Gasteiger partial charge in [-0.15, -0.1) is 11.6 Å². The molecule has 0 atom stereocenters. The van der Waals surface area contributed by atoms with Gasteiger partial charge < -0.3 is 10.1 Å². The molecular weight excluding hydrogens is 230 g/mol. The zero-order chi connectivity index (χ0) is 12.1. The molecule has 0 aliphatic rings. The number of carbonyl (C=O) groups excluding carboxylic acids is 2. The van der Waals surface area contributed by atoms with Crippen LogP contribution < -0.4 is 10.1 Å². The summed E-state index contributed by atoms with van der Waals surface area (Å²) < 4.78 is 5.00. The monoisotopic (exact) mass is 241 g/mol. The fourth-order valence-electron chi connectivity index (χ4n) is 1.25. The minimum Gasteiger partial charge on any atom is -0.497 e. The van der Waals surface area contributed by atoms with Gasteiger partial charge in [0.1, 0.15) is 5.75 Å². The Balaban J connectivity index is 3.15. The molecule has 0 aromatic heterocycles. The van der Waals surface area contributed by atoms with Crippen LogP contribution in [0.2, 0.25) is 0 Å². The predicted octanol–water partition coefficient (Wildman–Crippen LogP) is 2.08. The summed E-state index contributed by atoms with van der Waals surface area (Å²) >= 11 is 5.49. The van der Waals surface area contributed by atoms with Crippen LogP contribution in [0.5, 0.6) is 5.75 Å². The second kappa shape index (κ2) is 5.51. The third kappa shape index (κ3) is 2.97. The van der Waals surface area contributed by atoms with Crippen LogP contribution in [0.1, 0.15) is 17.3 Å². The van der Waals surface area contributed by atoms with Gasteiger partial charge in [-0.2, -0.15) is 0 Å². The number of anilines is 1. The van der Waals surface area contributed by atoms with E-state index in [1.807, 2.05) is 0 Å². The minimum atomic E-state index is -0.260. The van der Waals surface area contributed by atoms with E-state index in [-0.39, 0.29) is 17.6 Å². The zero-order valence-corrected chi connectivity index (χ0v) is 9.80. The van der Waals surface area contributed by atoms with E-state index in [0.29, 0.717) is 17.0 Å². The fraction of sp³-hybridized carbons (Fsp3) is 0.273. The highest BCUT2D eigenvalue weighted by Crippen LogP contribution is 2.22. The maximum atomic E-state index is 11.5. The number of ketones is 1. The number of methoxy groups -OCH3 is 1. The largest absolute Gasteiger partial charge is 0.497 e. The highest BCUT2D eigenvalue weighted by molar-refractivity contribution is 6.31. The number of hydrogen-bond donors (Lipinski definition) is 1. The van der Waals surface area contributed by atoms with Crippen LogP contribution >= 0.6 is 11.6 Å². The number of nitrogens with one attached hydrogen (secondary N) is 1. The molecule has 1 aromatic rings. The van der Waals surface area contributed by atoms with Crippen LogP contribution in [0.25, 0.3) is 0 Å². The van der Waals surface area contributed by atoms with Gasteiger partial charge in [0, 0.05) is 12.5 Å². The van der Waals surface area contributed by atoms with Gasteiger partial charge in [-0.1, -0.05) is 0 Å². The molecule has 1 aromatic carbocycles. The van der Waals surface area contributed by atoms with Crippen molar-refractivity contribution in [2.24, 2.45) is 0 Å². The van der Waals surface area contributed by atoms with Gasteiger partial charge in [-0.3, -0.25) is 9.59 Å². The summed E-state index contributed by atoms with van der Waals surface area (Å²) in [6, 6.07) is 4.83. The van der Waals surface area contributed by atoms with E-state index < -0.39 is 0 Å². The molecule has 0 aliphatic heterocycles. The number of carbonyl (C=O) groups is 2. The molecule has 4 nitrogen and oxygen atoms in total. The third-order valence-corrected chi connectivity index (χ3v) is 2.20. The Morgan fingerprint density at radius 1 is 1.44 bits per heavy atom. The first-order valence-electron chi connectivity index (χ1n) is 4.63. The van der Waals surface area contributed by atoms with Crippen LogP contribution in [0, 0.1) is 0 Å². The zero-order valence-electron chi connectivity index (χ0n) is 9.04. The Kier molecular flexibility index (Phi) is 4.31. The Bertz CT molecular complexity index is 418. The average molecular weight is 242 g/mol. The molecule has 0 spiro atoms. The lowest BCUT2D eigenvalue weighted by Gasteiger charge is -2.09. The topological polar surface area (TPSA) is 55.4 Å². The number of benzene rings is 1. The molecule has 0 heterocycles. The first-order valence-corrected chi connectivity index (χ1v) is 5.16. The van der Waals surface area contributed by atoms with Crippen LogP contribution in [0.15, 0.2) is 18.2 Å². The molecule has 1 rings (SSSR count). The van der Waals surface area contributed by atoms with Gasteiger partial charge >= 0.3 is 0 Å². The van der Waals surface area contributed by atoms with Crippen molar-refractivity contribution < 1.29 is 14.3 Å². The molecule has 16 heavy (non-hydrogen) atoms. The molecule has 0 unspecified atom stereocenters. The molecule has 0 fully saturated rings. The van der Waals surface area contributed by atoms with E-state index in [1.54, 1.807) is 18.2 Å². The highest BCUT2D eigenvalue weighted by atomic mass is 35.5. The van der Waals surface area contributed by atoms with E-state index in [9.17, 15) is 9.59 Å². The van der Waals surface area contributed by atoms with Crippen molar-refractivity contribution in [2.75, 3.05) is 18.3 Å². The van der Waals surface area contributed by atoms with Gasteiger partial charge in [-0.05, 0) is 18.2 Å². The van der Waals surface area contributed by atoms with Crippen LogP contribution in [0.3, 0.4) is 0 Å². The third-order valence-electron chi connectivity index (χ3n) is 1.96. The predicted molar refractivity (Wildman–Crippen MR) is 62.3 cm³/mol. The van der Waals surface area contributed by atoms with Crippen molar-refractivity contribution in [2.45, 2.75) is 6.92 Å². The second-order valence-corrected chi connectivity index (χ2v) is 3.42. The summed E-state index contributed by atoms with van der Waals surface area (Å²) in [5, 5.41) is 2.57. The SMILES string of the molecule is COc1ccc(NC(C)=O)c(C(=O)CCl)c1. The highest BCUT2D eigenvalue weighted by Gasteiger charge is 2.12. The first kappa shape index (κ1) is 12.5. The Hall–Kier alpha value is -1.55. The van der Waals surface area contributed by atoms with Crippen molar-refractivity contribution in [3.8, 4) is 5.75 Å². The van der Waals surface area contributed by atoms with Crippen LogP contribution in [-0.2, 0) is 4.79 Å². The molecule has 0 radical (unpaired) electrons. The molecule has 0 saturated heterocycles. The van der Waals surface area contributed by atoms with Crippen molar-refractivity contribution in [3.05, 3.63) is 23.8 Å². The normalized spacial score (nSPS) is 9.69. The van der Waals surface area contributed by atoms with Gasteiger partial charge in [0.25, 0.3) is 0 Å². The Labute approximate surface area is 98.5 Å². The summed E-state index contributed by atoms with van der Waals surface area (Å²) in [6.45, 7) is 1.37. The molecule has 5 heteroatoms. The van der Waals surface area contributed by atoms with Gasteiger partial charge in [0.2, 0.25) is 5.91 Å². The van der Waals surface area contributed by atoms with Crippen molar-refractivity contribution in [1.29, 1.82) is 0 Å². The summed E-state index contributed by atoms with van der Waals surface area (Å²) in [5.41, 5.74) is 0.795. The second-order valence-electron chi connectivity index (χ2n) is 3.15. The lowest BCUT2D eigenvalue weighted by Crippen LogP contribution is -2.11. The quantitative estimate of drug-likeness (QED) is 0.649. The number of rotatable bonds is 4. The van der Waals surface area contributed by atoms with Gasteiger partial charge in [0.15, 0.2) is 5.78 Å². The number of Topliss-reactive ketones (excluding diaryl/α,β-unsaturated/α-hetero) is 1. The summed E-state index contributed by atoms with van der Waals surface area (Å²) in [7, 11) is 1.50. The van der Waals surface area contributed by atoms with Crippen LogP contribution in [-0.4, -0.2) is 24.7 Å². The van der Waals surface area contributed by atoms with Crippen molar-refractivity contribution >= 4 is 29.0 Å². The number of ether oxygens (including phenoxy) is 1. The Morgan fingerprint density at radius 2 is 2.12 bits per heavy atom. The Morgan fingerprint density at radius 3 is 2.62 bits per heavy atom. The molecule has 0 bridgehead atoms. The van der Waals surface area contributed by atoms with Crippen LogP contribution in [0.4, 0.5) is 5.69 Å². The smallest absolute Gasteiger partial charge is 0.221 e. The lowest BCUT2D eigenvalue weighted by atomic mass is 10.1. The average Bonchev–Trinajstić information content (AvgIpc) is 2.28.